The minimum atomic E-state index is -0.0445. The number of ketones is 1. The molecule has 2 bridgehead atoms. The number of nitrogens with one attached hydrogen (secondary N) is 1. The molecule has 108 valence electrons. The summed E-state index contributed by atoms with van der Waals surface area (Å²) in [5.74, 6) is 0.576. The fourth-order valence-corrected chi connectivity index (χ4v) is 4.03. The van der Waals surface area contributed by atoms with E-state index in [1.165, 1.54) is 11.3 Å². The van der Waals surface area contributed by atoms with Crippen LogP contribution in [-0.2, 0) is 16.0 Å². The maximum atomic E-state index is 12.3. The Labute approximate surface area is 122 Å². The fourth-order valence-electron chi connectivity index (χ4n) is 3.35. The normalized spacial score (nSPS) is 29.2. The van der Waals surface area contributed by atoms with Crippen molar-refractivity contribution in [2.45, 2.75) is 45.4 Å². The van der Waals surface area contributed by atoms with Gasteiger partial charge in [0.05, 0.1) is 0 Å². The maximum absolute atomic E-state index is 12.3. The molecule has 2 saturated carbocycles. The molecule has 1 unspecified atom stereocenters. The highest BCUT2D eigenvalue weighted by Crippen LogP contribution is 2.40. The zero-order valence-electron chi connectivity index (χ0n) is 11.6. The minimum Gasteiger partial charge on any atom is -0.300 e. The highest BCUT2D eigenvalue weighted by Gasteiger charge is 2.41. The van der Waals surface area contributed by atoms with E-state index in [-0.39, 0.29) is 23.7 Å². The van der Waals surface area contributed by atoms with Crippen molar-refractivity contribution < 1.29 is 9.59 Å². The van der Waals surface area contributed by atoms with Gasteiger partial charge in [0, 0.05) is 17.8 Å². The third-order valence-electron chi connectivity index (χ3n) is 4.42. The average Bonchev–Trinajstić information content (AvgIpc) is 2.86. The van der Waals surface area contributed by atoms with E-state index >= 15 is 0 Å². The third kappa shape index (κ3) is 2.61. The Morgan fingerprint density at radius 1 is 1.30 bits per heavy atom. The number of hydrogen-bond donors (Lipinski definition) is 1. The van der Waals surface area contributed by atoms with Crippen molar-refractivity contribution in [1.29, 1.82) is 0 Å². The van der Waals surface area contributed by atoms with Crippen molar-refractivity contribution in [3.8, 4) is 0 Å². The van der Waals surface area contributed by atoms with E-state index in [1.54, 1.807) is 0 Å². The van der Waals surface area contributed by atoms with Crippen LogP contribution in [0.25, 0.3) is 0 Å². The summed E-state index contributed by atoms with van der Waals surface area (Å²) in [5.41, 5.74) is 0. The highest BCUT2D eigenvalue weighted by molar-refractivity contribution is 7.15. The molecule has 1 aromatic rings. The predicted molar refractivity (Wildman–Crippen MR) is 76.5 cm³/mol. The first-order valence-electron chi connectivity index (χ1n) is 7.34. The number of nitrogens with zero attached hydrogens (tertiary/aromatic N) is 2. The van der Waals surface area contributed by atoms with Gasteiger partial charge in [-0.3, -0.25) is 9.59 Å². The number of anilines is 1. The first-order chi connectivity index (χ1) is 9.67. The van der Waals surface area contributed by atoms with Gasteiger partial charge in [0.25, 0.3) is 0 Å². The van der Waals surface area contributed by atoms with Gasteiger partial charge in [0.1, 0.15) is 10.8 Å². The number of aromatic nitrogens is 2. The van der Waals surface area contributed by atoms with Crippen LogP contribution in [0.15, 0.2) is 0 Å². The van der Waals surface area contributed by atoms with Crippen LogP contribution in [0.3, 0.4) is 0 Å². The molecule has 5 nitrogen and oxygen atoms in total. The standard InChI is InChI=1S/C14H19N3O2S/c1-2-11-16-17-14(20-11)15-13(19)10-6-8-4-3-5-9(7-10)12(8)18/h8-10H,2-7H2,1H3,(H,15,17,19)/t8-,9+,10?. The molecule has 1 amide bonds. The smallest absolute Gasteiger partial charge is 0.229 e. The van der Waals surface area contributed by atoms with E-state index in [4.69, 9.17) is 0 Å². The molecule has 0 saturated heterocycles. The van der Waals surface area contributed by atoms with Gasteiger partial charge in [0.15, 0.2) is 0 Å². The van der Waals surface area contributed by atoms with Crippen LogP contribution in [0.4, 0.5) is 5.13 Å². The van der Waals surface area contributed by atoms with Crippen LogP contribution in [0.2, 0.25) is 0 Å². The van der Waals surface area contributed by atoms with E-state index in [2.05, 4.69) is 15.5 Å². The van der Waals surface area contributed by atoms with Crippen LogP contribution >= 0.6 is 11.3 Å². The number of carbonyl (C=O) groups excluding carboxylic acids is 2. The molecule has 3 atom stereocenters. The Kier molecular flexibility index (Phi) is 3.83. The summed E-state index contributed by atoms with van der Waals surface area (Å²) < 4.78 is 0. The van der Waals surface area contributed by atoms with E-state index in [9.17, 15) is 9.59 Å². The van der Waals surface area contributed by atoms with E-state index in [0.29, 0.717) is 23.8 Å². The molecule has 2 fully saturated rings. The predicted octanol–water partition coefficient (Wildman–Crippen LogP) is 2.43. The quantitative estimate of drug-likeness (QED) is 0.929. The molecule has 6 heteroatoms. The largest absolute Gasteiger partial charge is 0.300 e. The van der Waals surface area contributed by atoms with Crippen LogP contribution < -0.4 is 5.32 Å². The van der Waals surface area contributed by atoms with Gasteiger partial charge >= 0.3 is 0 Å². The lowest BCUT2D eigenvalue weighted by molar-refractivity contribution is -0.136. The van der Waals surface area contributed by atoms with Crippen LogP contribution in [0, 0.1) is 17.8 Å². The molecular weight excluding hydrogens is 274 g/mol. The summed E-state index contributed by atoms with van der Waals surface area (Å²) in [6.45, 7) is 2.01. The molecule has 0 radical (unpaired) electrons. The van der Waals surface area contributed by atoms with Crippen molar-refractivity contribution in [3.05, 3.63) is 5.01 Å². The zero-order valence-corrected chi connectivity index (χ0v) is 12.4. The van der Waals surface area contributed by atoms with Gasteiger partial charge in [0.2, 0.25) is 11.0 Å². The highest BCUT2D eigenvalue weighted by atomic mass is 32.1. The Morgan fingerprint density at radius 3 is 2.60 bits per heavy atom. The molecule has 2 aliphatic carbocycles. The Bertz CT molecular complexity index is 512. The summed E-state index contributed by atoms with van der Waals surface area (Å²) in [7, 11) is 0. The number of hydrogen-bond acceptors (Lipinski definition) is 5. The maximum Gasteiger partial charge on any atom is 0.229 e. The van der Waals surface area contributed by atoms with E-state index < -0.39 is 0 Å². The monoisotopic (exact) mass is 293 g/mol. The third-order valence-corrected chi connectivity index (χ3v) is 5.40. The lowest BCUT2D eigenvalue weighted by Gasteiger charge is -2.36. The first kappa shape index (κ1) is 13.7. The molecule has 0 spiro atoms. The van der Waals surface area contributed by atoms with Crippen molar-refractivity contribution in [3.63, 3.8) is 0 Å². The number of carbonyl (C=O) groups is 2. The number of Topliss-reactive ketones (excluding diaryl/α,β-unsaturated/α-hetero) is 1. The van der Waals surface area contributed by atoms with Crippen molar-refractivity contribution in [1.82, 2.24) is 10.2 Å². The lowest BCUT2D eigenvalue weighted by Crippen LogP contribution is -2.40. The summed E-state index contributed by atoms with van der Waals surface area (Å²) in [6.07, 6.45) is 5.29. The van der Waals surface area contributed by atoms with Crippen molar-refractivity contribution in [2.75, 3.05) is 5.32 Å². The van der Waals surface area contributed by atoms with E-state index in [1.807, 2.05) is 6.92 Å². The van der Waals surface area contributed by atoms with Crippen LogP contribution in [0.1, 0.15) is 44.0 Å². The topological polar surface area (TPSA) is 72.0 Å². The van der Waals surface area contributed by atoms with Crippen molar-refractivity contribution in [2.24, 2.45) is 17.8 Å². The minimum absolute atomic E-state index is 0.00760. The van der Waals surface area contributed by atoms with E-state index in [0.717, 1.165) is 30.7 Å². The van der Waals surface area contributed by atoms with Gasteiger partial charge in [-0.15, -0.1) is 10.2 Å². The summed E-state index contributed by atoms with van der Waals surface area (Å²) in [4.78, 5) is 24.3. The second kappa shape index (κ2) is 5.60. The molecular formula is C14H19N3O2S. The summed E-state index contributed by atoms with van der Waals surface area (Å²) >= 11 is 1.43. The molecule has 0 aromatic carbocycles. The fraction of sp³-hybridized carbons (Fsp3) is 0.714. The molecule has 3 rings (SSSR count). The molecule has 1 N–H and O–H groups in total. The number of fused-ring (bicyclic) bond motifs is 2. The average molecular weight is 293 g/mol. The van der Waals surface area contributed by atoms with Crippen LogP contribution in [-0.4, -0.2) is 21.9 Å². The molecule has 20 heavy (non-hydrogen) atoms. The van der Waals surface area contributed by atoms with Gasteiger partial charge in [-0.1, -0.05) is 24.7 Å². The molecule has 1 heterocycles. The van der Waals surface area contributed by atoms with Gasteiger partial charge < -0.3 is 5.32 Å². The number of aryl methyl sites for hydroxylation is 1. The van der Waals surface area contributed by atoms with Crippen LogP contribution in [0.5, 0.6) is 0 Å². The molecule has 0 aliphatic heterocycles. The summed E-state index contributed by atoms with van der Waals surface area (Å²) in [5, 5.41) is 12.4. The van der Waals surface area contributed by atoms with Gasteiger partial charge in [-0.2, -0.15) is 0 Å². The Morgan fingerprint density at radius 2 is 2.00 bits per heavy atom. The van der Waals surface area contributed by atoms with Gasteiger partial charge in [-0.05, 0) is 32.1 Å². The first-order valence-corrected chi connectivity index (χ1v) is 8.16. The number of amides is 1. The Hall–Kier alpha value is -1.30. The van der Waals surface area contributed by atoms with Crippen molar-refractivity contribution >= 4 is 28.2 Å². The van der Waals surface area contributed by atoms with Gasteiger partial charge in [-0.25, -0.2) is 0 Å². The molecule has 2 aliphatic rings. The Balaban J connectivity index is 1.64. The number of rotatable bonds is 3. The summed E-state index contributed by atoms with van der Waals surface area (Å²) in [6, 6.07) is 0. The molecule has 1 aromatic heterocycles. The SMILES string of the molecule is CCc1nnc(NC(=O)C2C[C@H]3CCC[C@@H](C2)C3=O)s1. The second-order valence-corrected chi connectivity index (χ2v) is 6.80. The second-order valence-electron chi connectivity index (χ2n) is 5.74. The lowest BCUT2D eigenvalue weighted by atomic mass is 9.67. The zero-order chi connectivity index (χ0) is 14.1.